The van der Waals surface area contributed by atoms with Gasteiger partial charge in [0.05, 0.1) is 5.69 Å². The molecule has 21 heavy (non-hydrogen) atoms. The van der Waals surface area contributed by atoms with Crippen LogP contribution in [-0.2, 0) is 4.79 Å². The van der Waals surface area contributed by atoms with Crippen LogP contribution in [0.1, 0.15) is 23.8 Å². The molecule has 0 aliphatic rings. The molecule has 1 N–H and O–H groups in total. The van der Waals surface area contributed by atoms with Gasteiger partial charge in [-0.2, -0.15) is 5.10 Å². The van der Waals surface area contributed by atoms with E-state index < -0.39 is 5.97 Å². The van der Waals surface area contributed by atoms with Crippen molar-refractivity contribution in [1.29, 1.82) is 0 Å². The Kier molecular flexibility index (Phi) is 4.71. The van der Waals surface area contributed by atoms with Crippen molar-refractivity contribution in [2.24, 2.45) is 0 Å². The molecule has 110 valence electrons. The van der Waals surface area contributed by atoms with Crippen molar-refractivity contribution in [2.75, 3.05) is 13.1 Å². The molecule has 0 fully saturated rings. The number of carboxylic acid groups (broad SMARTS) is 1. The second kappa shape index (κ2) is 6.69. The molecular formula is C15H17N3O3. The van der Waals surface area contributed by atoms with Crippen molar-refractivity contribution in [2.45, 2.75) is 13.3 Å². The summed E-state index contributed by atoms with van der Waals surface area (Å²) in [5.74, 6) is -1.40. The first kappa shape index (κ1) is 14.8. The lowest BCUT2D eigenvalue weighted by atomic mass is 10.3. The molecule has 0 spiro atoms. The van der Waals surface area contributed by atoms with Crippen LogP contribution >= 0.6 is 0 Å². The molecule has 0 aliphatic carbocycles. The second-order valence-electron chi connectivity index (χ2n) is 4.60. The van der Waals surface area contributed by atoms with Gasteiger partial charge in [0.15, 0.2) is 5.69 Å². The van der Waals surface area contributed by atoms with Gasteiger partial charge in [-0.15, -0.1) is 0 Å². The van der Waals surface area contributed by atoms with Crippen LogP contribution in [0, 0.1) is 0 Å². The van der Waals surface area contributed by atoms with Gasteiger partial charge in [-0.05, 0) is 24.6 Å². The van der Waals surface area contributed by atoms with E-state index in [9.17, 15) is 9.59 Å². The van der Waals surface area contributed by atoms with Gasteiger partial charge in [-0.3, -0.25) is 9.59 Å². The SMILES string of the molecule is CCCN(CC(=O)O)C(=O)c1ccn(-c2ccccc2)n1. The van der Waals surface area contributed by atoms with Gasteiger partial charge < -0.3 is 10.0 Å². The summed E-state index contributed by atoms with van der Waals surface area (Å²) in [6, 6.07) is 11.0. The number of benzene rings is 1. The van der Waals surface area contributed by atoms with Crippen molar-refractivity contribution < 1.29 is 14.7 Å². The fourth-order valence-corrected chi connectivity index (χ4v) is 2.01. The molecular weight excluding hydrogens is 270 g/mol. The standard InChI is InChI=1S/C15H17N3O3/c1-2-9-17(11-14(19)20)15(21)13-8-10-18(16-13)12-6-4-3-5-7-12/h3-8,10H,2,9,11H2,1H3,(H,19,20). The van der Waals surface area contributed by atoms with Crippen molar-refractivity contribution in [3.05, 3.63) is 48.3 Å². The summed E-state index contributed by atoms with van der Waals surface area (Å²) in [5.41, 5.74) is 1.09. The van der Waals surface area contributed by atoms with E-state index in [4.69, 9.17) is 5.11 Å². The summed E-state index contributed by atoms with van der Waals surface area (Å²) in [6.45, 7) is 1.97. The summed E-state index contributed by atoms with van der Waals surface area (Å²) >= 11 is 0. The Balaban J connectivity index is 2.19. The van der Waals surface area contributed by atoms with E-state index in [1.807, 2.05) is 37.3 Å². The molecule has 2 aromatic rings. The van der Waals surface area contributed by atoms with E-state index in [0.717, 1.165) is 5.69 Å². The minimum absolute atomic E-state index is 0.244. The summed E-state index contributed by atoms with van der Waals surface area (Å²) < 4.78 is 1.60. The molecule has 2 rings (SSSR count). The van der Waals surface area contributed by atoms with Gasteiger partial charge >= 0.3 is 5.97 Å². The highest BCUT2D eigenvalue weighted by Gasteiger charge is 2.20. The fourth-order valence-electron chi connectivity index (χ4n) is 2.01. The smallest absolute Gasteiger partial charge is 0.323 e. The molecule has 1 amide bonds. The molecule has 6 nitrogen and oxygen atoms in total. The van der Waals surface area contributed by atoms with Gasteiger partial charge in [0.1, 0.15) is 6.54 Å². The Morgan fingerprint density at radius 1 is 1.24 bits per heavy atom. The maximum Gasteiger partial charge on any atom is 0.323 e. The zero-order valence-corrected chi connectivity index (χ0v) is 11.8. The lowest BCUT2D eigenvalue weighted by Crippen LogP contribution is -2.36. The highest BCUT2D eigenvalue weighted by Crippen LogP contribution is 2.09. The highest BCUT2D eigenvalue weighted by molar-refractivity contribution is 5.94. The highest BCUT2D eigenvalue weighted by atomic mass is 16.4. The Hall–Kier alpha value is -2.63. The molecule has 0 unspecified atom stereocenters. The third-order valence-electron chi connectivity index (χ3n) is 2.94. The van der Waals surface area contributed by atoms with Crippen LogP contribution in [0.15, 0.2) is 42.6 Å². The number of hydrogen-bond acceptors (Lipinski definition) is 3. The number of aromatic nitrogens is 2. The molecule has 1 aromatic heterocycles. The van der Waals surface area contributed by atoms with E-state index >= 15 is 0 Å². The Morgan fingerprint density at radius 2 is 1.95 bits per heavy atom. The van der Waals surface area contributed by atoms with Crippen LogP contribution in [0.25, 0.3) is 5.69 Å². The molecule has 0 radical (unpaired) electrons. The van der Waals surface area contributed by atoms with Crippen LogP contribution in [-0.4, -0.2) is 44.8 Å². The van der Waals surface area contributed by atoms with Gasteiger partial charge in [0.2, 0.25) is 0 Å². The third-order valence-corrected chi connectivity index (χ3v) is 2.94. The van der Waals surface area contributed by atoms with Crippen LogP contribution in [0.4, 0.5) is 0 Å². The van der Waals surface area contributed by atoms with Crippen molar-refractivity contribution in [1.82, 2.24) is 14.7 Å². The molecule has 0 atom stereocenters. The minimum atomic E-state index is -1.03. The quantitative estimate of drug-likeness (QED) is 0.879. The lowest BCUT2D eigenvalue weighted by Gasteiger charge is -2.18. The zero-order valence-electron chi connectivity index (χ0n) is 11.8. The molecule has 1 heterocycles. The predicted octanol–water partition coefficient (Wildman–Crippen LogP) is 1.81. The largest absolute Gasteiger partial charge is 0.480 e. The summed E-state index contributed by atoms with van der Waals surface area (Å²) in [6.07, 6.45) is 2.38. The van der Waals surface area contributed by atoms with Crippen LogP contribution in [0.5, 0.6) is 0 Å². The van der Waals surface area contributed by atoms with Crippen molar-refractivity contribution in [3.63, 3.8) is 0 Å². The molecule has 0 bridgehead atoms. The van der Waals surface area contributed by atoms with E-state index in [-0.39, 0.29) is 18.1 Å². The van der Waals surface area contributed by atoms with Gasteiger partial charge in [0, 0.05) is 12.7 Å². The fraction of sp³-hybridized carbons (Fsp3) is 0.267. The monoisotopic (exact) mass is 287 g/mol. The van der Waals surface area contributed by atoms with Crippen LogP contribution < -0.4 is 0 Å². The van der Waals surface area contributed by atoms with Crippen molar-refractivity contribution in [3.8, 4) is 5.69 Å². The van der Waals surface area contributed by atoms with Crippen molar-refractivity contribution >= 4 is 11.9 Å². The normalized spacial score (nSPS) is 10.3. The topological polar surface area (TPSA) is 75.4 Å². The number of hydrogen-bond donors (Lipinski definition) is 1. The van der Waals surface area contributed by atoms with Gasteiger partial charge in [0.25, 0.3) is 5.91 Å². The van der Waals surface area contributed by atoms with E-state index in [0.29, 0.717) is 13.0 Å². The number of aliphatic carboxylic acids is 1. The molecule has 0 saturated carbocycles. The minimum Gasteiger partial charge on any atom is -0.480 e. The average Bonchev–Trinajstić information content (AvgIpc) is 2.96. The number of para-hydroxylation sites is 1. The van der Waals surface area contributed by atoms with E-state index in [1.165, 1.54) is 4.90 Å². The van der Waals surface area contributed by atoms with E-state index in [2.05, 4.69) is 5.10 Å². The second-order valence-corrected chi connectivity index (χ2v) is 4.60. The molecule has 6 heteroatoms. The number of nitrogens with zero attached hydrogens (tertiary/aromatic N) is 3. The number of carbonyl (C=O) groups is 2. The lowest BCUT2D eigenvalue weighted by molar-refractivity contribution is -0.137. The number of carbonyl (C=O) groups excluding carboxylic acids is 1. The maximum absolute atomic E-state index is 12.3. The maximum atomic E-state index is 12.3. The van der Waals surface area contributed by atoms with E-state index in [1.54, 1.807) is 16.9 Å². The Morgan fingerprint density at radius 3 is 2.57 bits per heavy atom. The first-order chi connectivity index (χ1) is 10.1. The van der Waals surface area contributed by atoms with Crippen LogP contribution in [0.2, 0.25) is 0 Å². The molecule has 0 aliphatic heterocycles. The number of amides is 1. The average molecular weight is 287 g/mol. The summed E-state index contributed by atoms with van der Waals surface area (Å²) in [4.78, 5) is 24.4. The Labute approximate surface area is 122 Å². The van der Waals surface area contributed by atoms with Gasteiger partial charge in [-0.1, -0.05) is 25.1 Å². The summed E-state index contributed by atoms with van der Waals surface area (Å²) in [5, 5.41) is 13.1. The third kappa shape index (κ3) is 3.68. The molecule has 1 aromatic carbocycles. The first-order valence-electron chi connectivity index (χ1n) is 6.74. The van der Waals surface area contributed by atoms with Gasteiger partial charge in [-0.25, -0.2) is 4.68 Å². The zero-order chi connectivity index (χ0) is 15.2. The Bertz CT molecular complexity index is 622. The summed E-state index contributed by atoms with van der Waals surface area (Å²) in [7, 11) is 0. The number of carboxylic acids is 1. The number of rotatable bonds is 6. The predicted molar refractivity (Wildman–Crippen MR) is 77.4 cm³/mol. The first-order valence-corrected chi connectivity index (χ1v) is 6.74. The van der Waals surface area contributed by atoms with Crippen LogP contribution in [0.3, 0.4) is 0 Å². The molecule has 0 saturated heterocycles.